The molecule has 0 bridgehead atoms. The lowest BCUT2D eigenvalue weighted by Crippen LogP contribution is -2.43. The predicted molar refractivity (Wildman–Crippen MR) is 89.8 cm³/mol. The molecule has 1 heterocycles. The normalized spacial score (nSPS) is 21.6. The molecule has 1 saturated carbocycles. The van der Waals surface area contributed by atoms with Gasteiger partial charge in [-0.2, -0.15) is 0 Å². The van der Waals surface area contributed by atoms with Gasteiger partial charge in [0.25, 0.3) is 0 Å². The molecule has 136 valence electrons. The van der Waals surface area contributed by atoms with Gasteiger partial charge in [0.1, 0.15) is 11.5 Å². The molecule has 0 aromatic carbocycles. The predicted octanol–water partition coefficient (Wildman–Crippen LogP) is 1.08. The van der Waals surface area contributed by atoms with E-state index in [-0.39, 0.29) is 11.8 Å². The Balaban J connectivity index is 1.91. The van der Waals surface area contributed by atoms with Crippen molar-refractivity contribution in [3.8, 4) is 0 Å². The van der Waals surface area contributed by atoms with Crippen molar-refractivity contribution < 1.29 is 13.2 Å². The van der Waals surface area contributed by atoms with E-state index >= 15 is 0 Å². The molecule has 2 rings (SSSR count). The van der Waals surface area contributed by atoms with Crippen molar-refractivity contribution >= 4 is 15.7 Å². The van der Waals surface area contributed by atoms with E-state index in [9.17, 15) is 13.2 Å². The Morgan fingerprint density at radius 1 is 1.33 bits per heavy atom. The van der Waals surface area contributed by atoms with E-state index < -0.39 is 21.5 Å². The second-order valence-corrected chi connectivity index (χ2v) is 8.70. The Morgan fingerprint density at radius 3 is 2.79 bits per heavy atom. The highest BCUT2D eigenvalue weighted by molar-refractivity contribution is 7.91. The van der Waals surface area contributed by atoms with Gasteiger partial charge < -0.3 is 5.32 Å². The molecule has 0 radical (unpaired) electrons. The van der Waals surface area contributed by atoms with E-state index in [0.717, 1.165) is 32.1 Å². The van der Waals surface area contributed by atoms with Crippen molar-refractivity contribution in [3.05, 3.63) is 5.82 Å². The zero-order chi connectivity index (χ0) is 17.6. The monoisotopic (exact) mass is 357 g/mol. The number of carbonyl (C=O) groups is 1. The lowest BCUT2D eigenvalue weighted by Gasteiger charge is -2.29. The maximum Gasteiger partial charge on any atom is 0.235 e. The lowest BCUT2D eigenvalue weighted by atomic mass is 9.86. The highest BCUT2D eigenvalue weighted by Gasteiger charge is 2.26. The summed E-state index contributed by atoms with van der Waals surface area (Å²) in [5, 5.41) is 14.0. The molecule has 1 fully saturated rings. The standard InChI is InChI=1S/C15H27N5O3S/c1-3-4-9-20-14(17-18-19-20)10-24(22,23)11-15(21)16-13-8-6-5-7-12(13)2/h12-13H,3-11H2,1-2H3,(H,16,21). The van der Waals surface area contributed by atoms with Gasteiger partial charge in [0.15, 0.2) is 15.7 Å². The Morgan fingerprint density at radius 2 is 2.08 bits per heavy atom. The molecule has 2 unspecified atom stereocenters. The minimum absolute atomic E-state index is 0.0799. The molecule has 0 spiro atoms. The number of carbonyl (C=O) groups excluding carboxylic acids is 1. The van der Waals surface area contributed by atoms with Crippen LogP contribution in [0.3, 0.4) is 0 Å². The van der Waals surface area contributed by atoms with Crippen LogP contribution in [0.2, 0.25) is 0 Å². The van der Waals surface area contributed by atoms with Crippen molar-refractivity contribution in [2.75, 3.05) is 5.75 Å². The third-order valence-electron chi connectivity index (χ3n) is 4.49. The van der Waals surface area contributed by atoms with Crippen LogP contribution in [0, 0.1) is 5.92 Å². The Labute approximate surface area is 143 Å². The summed E-state index contributed by atoms with van der Waals surface area (Å²) in [6.07, 6.45) is 6.08. The van der Waals surface area contributed by atoms with Crippen LogP contribution in [-0.4, -0.2) is 46.3 Å². The number of sulfone groups is 1. The van der Waals surface area contributed by atoms with Crippen LogP contribution in [0.1, 0.15) is 58.2 Å². The second kappa shape index (κ2) is 8.55. The van der Waals surface area contributed by atoms with Gasteiger partial charge in [-0.15, -0.1) is 5.10 Å². The third kappa shape index (κ3) is 5.54. The van der Waals surface area contributed by atoms with Gasteiger partial charge in [-0.1, -0.05) is 33.1 Å². The van der Waals surface area contributed by atoms with E-state index in [1.54, 1.807) is 0 Å². The average molecular weight is 357 g/mol. The van der Waals surface area contributed by atoms with Gasteiger partial charge in [-0.3, -0.25) is 4.79 Å². The molecule has 0 saturated heterocycles. The van der Waals surface area contributed by atoms with Gasteiger partial charge >= 0.3 is 0 Å². The Hall–Kier alpha value is -1.51. The SMILES string of the molecule is CCCCn1nnnc1CS(=O)(=O)CC(=O)NC1CCCCC1C. The molecule has 1 aromatic heterocycles. The summed E-state index contributed by atoms with van der Waals surface area (Å²) in [5.41, 5.74) is 0. The molecule has 2 atom stereocenters. The summed E-state index contributed by atoms with van der Waals surface area (Å²) in [7, 11) is -3.59. The van der Waals surface area contributed by atoms with E-state index in [0.29, 0.717) is 18.3 Å². The minimum Gasteiger partial charge on any atom is -0.352 e. The number of tetrazole rings is 1. The van der Waals surface area contributed by atoms with Gasteiger partial charge in [0.2, 0.25) is 5.91 Å². The van der Waals surface area contributed by atoms with Crippen LogP contribution >= 0.6 is 0 Å². The maximum absolute atomic E-state index is 12.3. The van der Waals surface area contributed by atoms with Crippen molar-refractivity contribution in [2.45, 2.75) is 70.7 Å². The minimum atomic E-state index is -3.59. The summed E-state index contributed by atoms with van der Waals surface area (Å²) < 4.78 is 26.1. The molecule has 1 aliphatic rings. The van der Waals surface area contributed by atoms with Crippen molar-refractivity contribution in [2.24, 2.45) is 5.92 Å². The van der Waals surface area contributed by atoms with Gasteiger partial charge in [0.05, 0.1) is 0 Å². The fraction of sp³-hybridized carbons (Fsp3) is 0.867. The van der Waals surface area contributed by atoms with Crippen LogP contribution in [0.15, 0.2) is 0 Å². The van der Waals surface area contributed by atoms with Crippen LogP contribution < -0.4 is 5.32 Å². The largest absolute Gasteiger partial charge is 0.352 e. The number of amides is 1. The first-order valence-electron chi connectivity index (χ1n) is 8.66. The van der Waals surface area contributed by atoms with Crippen molar-refractivity contribution in [1.82, 2.24) is 25.5 Å². The molecule has 1 N–H and O–H groups in total. The molecule has 1 aliphatic carbocycles. The summed E-state index contributed by atoms with van der Waals surface area (Å²) in [6, 6.07) is 0.0799. The summed E-state index contributed by atoms with van der Waals surface area (Å²) in [6.45, 7) is 4.72. The van der Waals surface area contributed by atoms with Crippen molar-refractivity contribution in [1.29, 1.82) is 0 Å². The maximum atomic E-state index is 12.3. The number of hydrogen-bond acceptors (Lipinski definition) is 6. The number of nitrogens with zero attached hydrogens (tertiary/aromatic N) is 4. The number of rotatable bonds is 8. The summed E-state index contributed by atoms with van der Waals surface area (Å²) in [4.78, 5) is 12.1. The first-order valence-corrected chi connectivity index (χ1v) is 10.5. The highest BCUT2D eigenvalue weighted by Crippen LogP contribution is 2.23. The second-order valence-electron chi connectivity index (χ2n) is 6.64. The molecule has 0 aliphatic heterocycles. The first-order chi connectivity index (χ1) is 11.4. The van der Waals surface area contributed by atoms with E-state index in [4.69, 9.17) is 0 Å². The topological polar surface area (TPSA) is 107 Å². The number of aromatic nitrogens is 4. The van der Waals surface area contributed by atoms with Crippen LogP contribution in [-0.2, 0) is 26.9 Å². The fourth-order valence-corrected chi connectivity index (χ4v) is 4.22. The number of hydrogen-bond donors (Lipinski definition) is 1. The molecule has 1 aromatic rings. The molecular formula is C15H27N5O3S. The van der Waals surface area contributed by atoms with Gasteiger partial charge in [-0.25, -0.2) is 13.1 Å². The smallest absolute Gasteiger partial charge is 0.235 e. The van der Waals surface area contributed by atoms with E-state index in [2.05, 4.69) is 27.8 Å². The quantitative estimate of drug-likeness (QED) is 0.746. The highest BCUT2D eigenvalue weighted by atomic mass is 32.2. The molecular weight excluding hydrogens is 330 g/mol. The average Bonchev–Trinajstić information content (AvgIpc) is 2.93. The Bertz CT molecular complexity index is 643. The summed E-state index contributed by atoms with van der Waals surface area (Å²) >= 11 is 0. The van der Waals surface area contributed by atoms with Crippen LogP contribution in [0.4, 0.5) is 0 Å². The van der Waals surface area contributed by atoms with Gasteiger partial charge in [-0.05, 0) is 35.6 Å². The molecule has 8 nitrogen and oxygen atoms in total. The molecule has 9 heteroatoms. The molecule has 1 amide bonds. The summed E-state index contributed by atoms with van der Waals surface area (Å²) in [5.74, 6) is -0.566. The Kier molecular flexibility index (Phi) is 6.70. The van der Waals surface area contributed by atoms with Crippen molar-refractivity contribution in [3.63, 3.8) is 0 Å². The lowest BCUT2D eigenvalue weighted by molar-refractivity contribution is -0.119. The number of nitrogens with one attached hydrogen (secondary N) is 1. The van der Waals surface area contributed by atoms with Gasteiger partial charge in [0, 0.05) is 12.6 Å². The van der Waals surface area contributed by atoms with E-state index in [1.165, 1.54) is 11.1 Å². The zero-order valence-corrected chi connectivity index (χ0v) is 15.3. The van der Waals surface area contributed by atoms with Crippen LogP contribution in [0.5, 0.6) is 0 Å². The fourth-order valence-electron chi connectivity index (χ4n) is 3.03. The third-order valence-corrected chi connectivity index (χ3v) is 5.89. The number of unbranched alkanes of at least 4 members (excludes halogenated alkanes) is 1. The van der Waals surface area contributed by atoms with E-state index in [1.807, 2.05) is 6.92 Å². The number of aryl methyl sites for hydroxylation is 1. The zero-order valence-electron chi connectivity index (χ0n) is 14.4. The van der Waals surface area contributed by atoms with Crippen LogP contribution in [0.25, 0.3) is 0 Å². The first kappa shape index (κ1) is 18.8. The molecule has 24 heavy (non-hydrogen) atoms.